The largest absolute Gasteiger partial charge is 0.435 e. The van der Waals surface area contributed by atoms with Gasteiger partial charge in [0, 0.05) is 13.2 Å². The molecule has 0 aliphatic rings. The van der Waals surface area contributed by atoms with Crippen LogP contribution in [0.3, 0.4) is 0 Å². The lowest BCUT2D eigenvalue weighted by atomic mass is 10.2. The highest BCUT2D eigenvalue weighted by Crippen LogP contribution is 2.30. The molecule has 0 aliphatic heterocycles. The number of aldehydes is 1. The van der Waals surface area contributed by atoms with Crippen LogP contribution >= 0.6 is 0 Å². The van der Waals surface area contributed by atoms with Crippen molar-refractivity contribution >= 4 is 6.29 Å². The van der Waals surface area contributed by atoms with Gasteiger partial charge >= 0.3 is 6.18 Å². The third-order valence-corrected chi connectivity index (χ3v) is 2.17. The average molecular weight is 251 g/mol. The number of aromatic nitrogens is 3. The Morgan fingerprint density at radius 2 is 2.00 bits per heavy atom. The summed E-state index contributed by atoms with van der Waals surface area (Å²) < 4.78 is 38.5. The van der Waals surface area contributed by atoms with Gasteiger partial charge in [0.25, 0.3) is 0 Å². The molecule has 0 aliphatic carbocycles. The molecule has 1 aromatic heterocycles. The fourth-order valence-electron chi connectivity index (χ4n) is 1.40. The summed E-state index contributed by atoms with van der Waals surface area (Å²) in [7, 11) is 0. The van der Waals surface area contributed by atoms with Crippen LogP contribution in [0.1, 0.15) is 35.4 Å². The lowest BCUT2D eigenvalue weighted by Crippen LogP contribution is -2.16. The second-order valence-electron chi connectivity index (χ2n) is 3.45. The van der Waals surface area contributed by atoms with E-state index in [2.05, 4.69) is 10.3 Å². The molecule has 0 bridgehead atoms. The molecule has 17 heavy (non-hydrogen) atoms. The van der Waals surface area contributed by atoms with E-state index in [1.807, 2.05) is 0 Å². The second kappa shape index (κ2) is 5.76. The first kappa shape index (κ1) is 13.6. The Kier molecular flexibility index (Phi) is 4.62. The fraction of sp³-hybridized carbons (Fsp3) is 0.667. The number of hydrogen-bond acceptors (Lipinski definition) is 4. The standard InChI is InChI=1S/C9H12F3N3O2/c10-9(11,12)8-7(6-17)13-14-15(8)4-2-1-3-5-16/h6,16H,1-5H2. The Morgan fingerprint density at radius 3 is 2.53 bits per heavy atom. The first-order valence-corrected chi connectivity index (χ1v) is 5.07. The van der Waals surface area contributed by atoms with Crippen molar-refractivity contribution in [2.24, 2.45) is 0 Å². The average Bonchev–Trinajstić information content (AvgIpc) is 2.67. The smallest absolute Gasteiger partial charge is 0.396 e. The van der Waals surface area contributed by atoms with Crippen LogP contribution in [-0.2, 0) is 12.7 Å². The molecule has 0 unspecified atom stereocenters. The van der Waals surface area contributed by atoms with Crippen LogP contribution in [0.4, 0.5) is 13.2 Å². The van der Waals surface area contributed by atoms with Gasteiger partial charge in [0.2, 0.25) is 0 Å². The minimum atomic E-state index is -4.64. The number of halogens is 3. The number of aliphatic hydroxyl groups is 1. The maximum Gasteiger partial charge on any atom is 0.435 e. The molecule has 96 valence electrons. The summed E-state index contributed by atoms with van der Waals surface area (Å²) in [5.41, 5.74) is -1.81. The maximum absolute atomic E-state index is 12.6. The predicted octanol–water partition coefficient (Wildman–Crippen LogP) is 1.27. The number of aryl methyl sites for hydroxylation is 1. The van der Waals surface area contributed by atoms with Gasteiger partial charge < -0.3 is 5.11 Å². The van der Waals surface area contributed by atoms with Crippen LogP contribution < -0.4 is 0 Å². The van der Waals surface area contributed by atoms with Gasteiger partial charge in [-0.3, -0.25) is 4.79 Å². The summed E-state index contributed by atoms with van der Waals surface area (Å²) in [5.74, 6) is 0. The number of rotatable bonds is 6. The Balaban J connectivity index is 2.78. The Labute approximate surface area is 95.2 Å². The number of unbranched alkanes of at least 4 members (excludes halogenated alkanes) is 2. The van der Waals surface area contributed by atoms with Gasteiger partial charge in [0.15, 0.2) is 17.7 Å². The highest BCUT2D eigenvalue weighted by atomic mass is 19.4. The Morgan fingerprint density at radius 1 is 1.29 bits per heavy atom. The number of carbonyl (C=O) groups is 1. The number of alkyl halides is 3. The van der Waals surface area contributed by atoms with Crippen molar-refractivity contribution < 1.29 is 23.1 Å². The van der Waals surface area contributed by atoms with Crippen LogP contribution in [0.2, 0.25) is 0 Å². The molecule has 0 amide bonds. The second-order valence-corrected chi connectivity index (χ2v) is 3.45. The van der Waals surface area contributed by atoms with E-state index in [-0.39, 0.29) is 19.4 Å². The summed E-state index contributed by atoms with van der Waals surface area (Å²) in [6, 6.07) is 0. The van der Waals surface area contributed by atoms with E-state index in [1.165, 1.54) is 0 Å². The fourth-order valence-corrected chi connectivity index (χ4v) is 1.40. The number of nitrogens with zero attached hydrogens (tertiary/aromatic N) is 3. The van der Waals surface area contributed by atoms with Gasteiger partial charge in [0.1, 0.15) is 0 Å². The highest BCUT2D eigenvalue weighted by molar-refractivity contribution is 5.73. The molecular weight excluding hydrogens is 239 g/mol. The molecule has 1 heterocycles. The summed E-state index contributed by atoms with van der Waals surface area (Å²) in [6.45, 7) is 0.0265. The summed E-state index contributed by atoms with van der Waals surface area (Å²) >= 11 is 0. The molecule has 0 fully saturated rings. The van der Waals surface area contributed by atoms with E-state index in [9.17, 15) is 18.0 Å². The quantitative estimate of drug-likeness (QED) is 0.610. The van der Waals surface area contributed by atoms with Crippen molar-refractivity contribution in [3.05, 3.63) is 11.4 Å². The first-order valence-electron chi connectivity index (χ1n) is 5.07. The van der Waals surface area contributed by atoms with Crippen molar-refractivity contribution in [2.75, 3.05) is 6.61 Å². The van der Waals surface area contributed by atoms with Crippen LogP contribution in [0.5, 0.6) is 0 Å². The highest BCUT2D eigenvalue weighted by Gasteiger charge is 2.39. The van der Waals surface area contributed by atoms with Gasteiger partial charge in [0.05, 0.1) is 0 Å². The molecule has 1 rings (SSSR count). The number of carbonyl (C=O) groups excluding carboxylic acids is 1. The van der Waals surface area contributed by atoms with Crippen molar-refractivity contribution in [3.8, 4) is 0 Å². The Bertz CT molecular complexity index is 376. The maximum atomic E-state index is 12.6. The summed E-state index contributed by atoms with van der Waals surface area (Å²) in [6.07, 6.45) is -3.05. The molecule has 1 aromatic rings. The van der Waals surface area contributed by atoms with Crippen molar-refractivity contribution in [1.82, 2.24) is 15.0 Å². The first-order chi connectivity index (χ1) is 8.00. The molecule has 0 saturated heterocycles. The van der Waals surface area contributed by atoms with E-state index in [4.69, 9.17) is 5.11 Å². The van der Waals surface area contributed by atoms with Gasteiger partial charge in [-0.15, -0.1) is 5.10 Å². The van der Waals surface area contributed by atoms with Gasteiger partial charge in [-0.1, -0.05) is 5.21 Å². The molecule has 0 atom stereocenters. The summed E-state index contributed by atoms with van der Waals surface area (Å²) in [5, 5.41) is 15.0. The zero-order valence-electron chi connectivity index (χ0n) is 8.94. The van der Waals surface area contributed by atoms with E-state index < -0.39 is 17.6 Å². The van der Waals surface area contributed by atoms with Gasteiger partial charge in [-0.05, 0) is 19.3 Å². The zero-order chi connectivity index (χ0) is 12.9. The van der Waals surface area contributed by atoms with Crippen LogP contribution in [-0.4, -0.2) is 33.0 Å². The molecule has 1 N–H and O–H groups in total. The van der Waals surface area contributed by atoms with E-state index in [0.717, 1.165) is 0 Å². The van der Waals surface area contributed by atoms with Crippen LogP contribution in [0, 0.1) is 0 Å². The molecule has 0 spiro atoms. The third kappa shape index (κ3) is 3.52. The molecule has 0 radical (unpaired) electrons. The van der Waals surface area contributed by atoms with Gasteiger partial charge in [-0.2, -0.15) is 13.2 Å². The lowest BCUT2D eigenvalue weighted by Gasteiger charge is -2.09. The molecule has 8 heteroatoms. The van der Waals surface area contributed by atoms with Crippen LogP contribution in [0.15, 0.2) is 0 Å². The van der Waals surface area contributed by atoms with E-state index in [0.29, 0.717) is 23.9 Å². The molecule has 0 saturated carbocycles. The van der Waals surface area contributed by atoms with E-state index in [1.54, 1.807) is 0 Å². The minimum Gasteiger partial charge on any atom is -0.396 e. The number of aliphatic hydroxyl groups excluding tert-OH is 1. The van der Waals surface area contributed by atoms with Crippen molar-refractivity contribution in [3.63, 3.8) is 0 Å². The molecular formula is C9H12F3N3O2. The zero-order valence-corrected chi connectivity index (χ0v) is 8.94. The SMILES string of the molecule is O=Cc1nnn(CCCCCO)c1C(F)(F)F. The third-order valence-electron chi connectivity index (χ3n) is 2.17. The number of hydrogen-bond donors (Lipinski definition) is 1. The van der Waals surface area contributed by atoms with Crippen LogP contribution in [0.25, 0.3) is 0 Å². The molecule has 5 nitrogen and oxygen atoms in total. The van der Waals surface area contributed by atoms with E-state index >= 15 is 0 Å². The monoisotopic (exact) mass is 251 g/mol. The molecule has 0 aromatic carbocycles. The minimum absolute atomic E-state index is 0.00305. The lowest BCUT2D eigenvalue weighted by molar-refractivity contribution is -0.144. The Hall–Kier alpha value is -1.44. The van der Waals surface area contributed by atoms with Crippen molar-refractivity contribution in [1.29, 1.82) is 0 Å². The summed E-state index contributed by atoms with van der Waals surface area (Å²) in [4.78, 5) is 10.4. The predicted molar refractivity (Wildman–Crippen MR) is 51.3 cm³/mol. The topological polar surface area (TPSA) is 68.0 Å². The normalized spacial score (nSPS) is 11.8. The van der Waals surface area contributed by atoms with Crippen molar-refractivity contribution in [2.45, 2.75) is 32.0 Å². The van der Waals surface area contributed by atoms with Gasteiger partial charge in [-0.25, -0.2) is 4.68 Å².